The van der Waals surface area contributed by atoms with Crippen molar-refractivity contribution in [2.45, 2.75) is 31.8 Å². The smallest absolute Gasteiger partial charge is 0.291 e. The van der Waals surface area contributed by atoms with E-state index < -0.39 is 17.4 Å². The lowest BCUT2D eigenvalue weighted by atomic mass is 9.76. The van der Waals surface area contributed by atoms with Crippen LogP contribution in [0.1, 0.15) is 25.0 Å². The monoisotopic (exact) mass is 404 g/mol. The minimum atomic E-state index is -1.07. The summed E-state index contributed by atoms with van der Waals surface area (Å²) < 4.78 is 0. The Morgan fingerprint density at radius 1 is 1.00 bits per heavy atom. The molecular weight excluding hydrogens is 378 g/mol. The highest BCUT2D eigenvalue weighted by molar-refractivity contribution is 6.13. The van der Waals surface area contributed by atoms with Gasteiger partial charge < -0.3 is 10.6 Å². The molecule has 3 aliphatic rings. The van der Waals surface area contributed by atoms with E-state index in [1.165, 1.54) is 4.90 Å². The standard InChI is InChI=1S/C24H25N3O3/c1-14(2)20-18-19(24(26-20)16-10-6-7-11-17(16)25-23(24)30)22(29)27(21(18)28)13-12-15-8-4-3-5-9-15/h3-11,14,18-20,26H,12-13H2,1-2H3,(H,25,30)/p+1/t18-,19-,20-,24+/m0/s1. The van der Waals surface area contributed by atoms with Gasteiger partial charge in [0.15, 0.2) is 0 Å². The van der Waals surface area contributed by atoms with Crippen molar-refractivity contribution < 1.29 is 19.7 Å². The number of quaternary nitrogens is 1. The fourth-order valence-electron chi connectivity index (χ4n) is 5.62. The van der Waals surface area contributed by atoms with Crippen molar-refractivity contribution in [2.24, 2.45) is 17.8 Å². The second-order valence-electron chi connectivity index (χ2n) is 8.92. The molecule has 0 radical (unpaired) electrons. The van der Waals surface area contributed by atoms with Gasteiger partial charge in [-0.25, -0.2) is 0 Å². The number of imide groups is 1. The van der Waals surface area contributed by atoms with Gasteiger partial charge in [-0.2, -0.15) is 0 Å². The molecule has 3 aliphatic heterocycles. The number of hydrogen-bond acceptors (Lipinski definition) is 3. The SMILES string of the molecule is CC(C)[C@@H]1[NH2+][C@@]2(C(=O)Nc3ccccc32)[C@@H]2C(=O)N(CCc3ccccc3)C(=O)[C@@H]21. The van der Waals surface area contributed by atoms with Gasteiger partial charge in [0.2, 0.25) is 17.4 Å². The number of carbonyl (C=O) groups is 3. The van der Waals surface area contributed by atoms with Gasteiger partial charge in [-0.05, 0) is 18.1 Å². The first-order chi connectivity index (χ1) is 14.4. The lowest BCUT2D eigenvalue weighted by molar-refractivity contribution is -0.738. The molecule has 1 spiro atoms. The number of para-hydroxylation sites is 1. The molecule has 154 valence electrons. The molecule has 0 unspecified atom stereocenters. The van der Waals surface area contributed by atoms with Crippen LogP contribution in [0.3, 0.4) is 0 Å². The predicted octanol–water partition coefficient (Wildman–Crippen LogP) is 1.28. The van der Waals surface area contributed by atoms with E-state index in [0.717, 1.165) is 16.8 Å². The number of amides is 3. The average Bonchev–Trinajstić information content (AvgIpc) is 3.33. The summed E-state index contributed by atoms with van der Waals surface area (Å²) in [4.78, 5) is 41.7. The first-order valence-electron chi connectivity index (χ1n) is 10.6. The number of rotatable bonds is 4. The maximum absolute atomic E-state index is 13.6. The summed E-state index contributed by atoms with van der Waals surface area (Å²) in [5, 5.41) is 4.96. The van der Waals surface area contributed by atoms with Crippen LogP contribution in [-0.4, -0.2) is 35.2 Å². The number of carbonyl (C=O) groups excluding carboxylic acids is 3. The van der Waals surface area contributed by atoms with E-state index in [1.807, 2.05) is 59.9 Å². The van der Waals surface area contributed by atoms with E-state index in [-0.39, 0.29) is 29.7 Å². The molecule has 3 amide bonds. The highest BCUT2D eigenvalue weighted by Crippen LogP contribution is 2.49. The molecule has 6 heteroatoms. The van der Waals surface area contributed by atoms with Crippen LogP contribution in [0.4, 0.5) is 5.69 Å². The summed E-state index contributed by atoms with van der Waals surface area (Å²) in [6.07, 6.45) is 0.615. The van der Waals surface area contributed by atoms with Gasteiger partial charge in [0.05, 0.1) is 5.69 Å². The van der Waals surface area contributed by atoms with Crippen molar-refractivity contribution in [3.05, 3.63) is 65.7 Å². The summed E-state index contributed by atoms with van der Waals surface area (Å²) >= 11 is 0. The van der Waals surface area contributed by atoms with Gasteiger partial charge in [0.25, 0.3) is 5.91 Å². The van der Waals surface area contributed by atoms with Crippen molar-refractivity contribution in [3.63, 3.8) is 0 Å². The van der Waals surface area contributed by atoms with E-state index >= 15 is 0 Å². The zero-order valence-electron chi connectivity index (χ0n) is 17.2. The van der Waals surface area contributed by atoms with Crippen LogP contribution < -0.4 is 10.6 Å². The fourth-order valence-corrected chi connectivity index (χ4v) is 5.62. The van der Waals surface area contributed by atoms with E-state index in [4.69, 9.17) is 0 Å². The van der Waals surface area contributed by atoms with Gasteiger partial charge in [-0.1, -0.05) is 62.4 Å². The largest absolute Gasteiger partial charge is 0.326 e. The van der Waals surface area contributed by atoms with Crippen molar-refractivity contribution >= 4 is 23.4 Å². The Morgan fingerprint density at radius 3 is 2.43 bits per heavy atom. The number of nitrogens with one attached hydrogen (secondary N) is 1. The number of benzene rings is 2. The molecule has 2 aromatic carbocycles. The van der Waals surface area contributed by atoms with Crippen molar-refractivity contribution in [1.82, 2.24) is 4.90 Å². The number of nitrogens with zero attached hydrogens (tertiary/aromatic N) is 1. The number of hydrogen-bond donors (Lipinski definition) is 2. The number of fused-ring (bicyclic) bond motifs is 4. The van der Waals surface area contributed by atoms with E-state index in [9.17, 15) is 14.4 Å². The topological polar surface area (TPSA) is 83.1 Å². The minimum absolute atomic E-state index is 0.120. The molecule has 0 aromatic heterocycles. The lowest BCUT2D eigenvalue weighted by Crippen LogP contribution is -2.99. The minimum Gasteiger partial charge on any atom is -0.326 e. The summed E-state index contributed by atoms with van der Waals surface area (Å²) in [5.74, 6) is -1.53. The molecule has 0 aliphatic carbocycles. The maximum Gasteiger partial charge on any atom is 0.291 e. The molecule has 2 saturated heterocycles. The molecule has 4 atom stereocenters. The molecule has 2 aromatic rings. The molecule has 2 fully saturated rings. The summed E-state index contributed by atoms with van der Waals surface area (Å²) in [5.41, 5.74) is 1.58. The first-order valence-corrected chi connectivity index (χ1v) is 10.6. The van der Waals surface area contributed by atoms with E-state index in [1.54, 1.807) is 0 Å². The number of anilines is 1. The summed E-state index contributed by atoms with van der Waals surface area (Å²) in [6, 6.07) is 17.3. The number of nitrogens with two attached hydrogens (primary N) is 1. The van der Waals surface area contributed by atoms with Crippen molar-refractivity contribution in [3.8, 4) is 0 Å². The summed E-state index contributed by atoms with van der Waals surface area (Å²) in [6.45, 7) is 4.46. The zero-order valence-corrected chi connectivity index (χ0v) is 17.2. The second-order valence-corrected chi connectivity index (χ2v) is 8.92. The molecule has 6 nitrogen and oxygen atoms in total. The number of likely N-dealkylation sites (tertiary alicyclic amines) is 1. The van der Waals surface area contributed by atoms with Crippen LogP contribution in [0.15, 0.2) is 54.6 Å². The average molecular weight is 404 g/mol. The van der Waals surface area contributed by atoms with Gasteiger partial charge in [-0.15, -0.1) is 0 Å². The normalized spacial score (nSPS) is 29.6. The van der Waals surface area contributed by atoms with Crippen LogP contribution in [0.5, 0.6) is 0 Å². The third-order valence-corrected chi connectivity index (χ3v) is 7.04. The van der Waals surface area contributed by atoms with Gasteiger partial charge >= 0.3 is 0 Å². The van der Waals surface area contributed by atoms with Gasteiger partial charge in [-0.3, -0.25) is 19.3 Å². The van der Waals surface area contributed by atoms with Crippen molar-refractivity contribution in [1.29, 1.82) is 0 Å². The van der Waals surface area contributed by atoms with Gasteiger partial charge in [0.1, 0.15) is 17.9 Å². The highest BCUT2D eigenvalue weighted by Gasteiger charge is 2.74. The lowest BCUT2D eigenvalue weighted by Gasteiger charge is -2.27. The zero-order chi connectivity index (χ0) is 21.0. The summed E-state index contributed by atoms with van der Waals surface area (Å²) in [7, 11) is 0. The van der Waals surface area contributed by atoms with Crippen LogP contribution in [0.25, 0.3) is 0 Å². The van der Waals surface area contributed by atoms with Crippen LogP contribution in [-0.2, 0) is 26.3 Å². The van der Waals surface area contributed by atoms with E-state index in [2.05, 4.69) is 19.2 Å². The van der Waals surface area contributed by atoms with Crippen molar-refractivity contribution in [2.75, 3.05) is 11.9 Å². The molecule has 5 rings (SSSR count). The molecule has 0 saturated carbocycles. The molecule has 3 N–H and O–H groups in total. The Bertz CT molecular complexity index is 1040. The molecule has 3 heterocycles. The Kier molecular flexibility index (Phi) is 4.29. The highest BCUT2D eigenvalue weighted by atomic mass is 16.2. The predicted molar refractivity (Wildman–Crippen MR) is 111 cm³/mol. The van der Waals surface area contributed by atoms with Crippen LogP contribution in [0, 0.1) is 17.8 Å². The third-order valence-electron chi connectivity index (χ3n) is 7.04. The maximum atomic E-state index is 13.6. The van der Waals surface area contributed by atoms with E-state index in [0.29, 0.717) is 13.0 Å². The quantitative estimate of drug-likeness (QED) is 0.753. The first kappa shape index (κ1) is 19.0. The Labute approximate surface area is 175 Å². The van der Waals surface area contributed by atoms with Gasteiger partial charge in [0, 0.05) is 18.0 Å². The molecular formula is C24H26N3O3+. The molecule has 0 bridgehead atoms. The van der Waals surface area contributed by atoms with Crippen LogP contribution in [0.2, 0.25) is 0 Å². The Morgan fingerprint density at radius 2 is 1.70 bits per heavy atom. The Hall–Kier alpha value is -2.99. The third kappa shape index (κ3) is 2.50. The Balaban J connectivity index is 1.54. The fraction of sp³-hybridized carbons (Fsp3) is 0.375. The van der Waals surface area contributed by atoms with Crippen LogP contribution >= 0.6 is 0 Å². The second kappa shape index (κ2) is 6.77. The molecule has 30 heavy (non-hydrogen) atoms.